The summed E-state index contributed by atoms with van der Waals surface area (Å²) in [7, 11) is 0. The first kappa shape index (κ1) is 19.5. The average Bonchev–Trinajstić information content (AvgIpc) is 3.33. The second kappa shape index (κ2) is 8.29. The lowest BCUT2D eigenvalue weighted by molar-refractivity contribution is -0.132. The van der Waals surface area contributed by atoms with Crippen molar-refractivity contribution < 1.29 is 9.59 Å². The number of nitrogens with zero attached hydrogens (tertiary/aromatic N) is 1. The monoisotopic (exact) mass is 414 g/mol. The van der Waals surface area contributed by atoms with Gasteiger partial charge in [0, 0.05) is 41.2 Å². The zero-order valence-electron chi connectivity index (χ0n) is 16.2. The van der Waals surface area contributed by atoms with Gasteiger partial charge in [0.05, 0.1) is 0 Å². The van der Waals surface area contributed by atoms with Gasteiger partial charge in [-0.1, -0.05) is 12.1 Å². The third kappa shape index (κ3) is 4.28. The molecule has 0 aliphatic carbocycles. The average molecular weight is 415 g/mol. The highest BCUT2D eigenvalue weighted by Gasteiger charge is 2.38. The van der Waals surface area contributed by atoms with E-state index in [9.17, 15) is 9.59 Å². The topological polar surface area (TPSA) is 49.4 Å². The maximum absolute atomic E-state index is 12.9. The van der Waals surface area contributed by atoms with Gasteiger partial charge >= 0.3 is 0 Å². The van der Waals surface area contributed by atoms with Gasteiger partial charge in [0.15, 0.2) is 0 Å². The summed E-state index contributed by atoms with van der Waals surface area (Å²) in [6.07, 6.45) is 6.37. The summed E-state index contributed by atoms with van der Waals surface area (Å²) in [6.45, 7) is 1.54. The zero-order chi connectivity index (χ0) is 19.6. The van der Waals surface area contributed by atoms with Crippen molar-refractivity contribution in [2.75, 3.05) is 12.8 Å². The second-order valence-corrected chi connectivity index (χ2v) is 9.67. The minimum absolute atomic E-state index is 0.106. The van der Waals surface area contributed by atoms with Crippen molar-refractivity contribution in [2.45, 2.75) is 55.5 Å². The van der Waals surface area contributed by atoms with Gasteiger partial charge in [0.2, 0.25) is 11.8 Å². The van der Waals surface area contributed by atoms with Crippen molar-refractivity contribution in [3.63, 3.8) is 0 Å². The van der Waals surface area contributed by atoms with Gasteiger partial charge in [-0.3, -0.25) is 9.59 Å². The fourth-order valence-corrected chi connectivity index (χ4v) is 5.58. The third-order valence-electron chi connectivity index (χ3n) is 5.91. The Morgan fingerprint density at radius 1 is 1.25 bits per heavy atom. The Kier molecular flexibility index (Phi) is 5.78. The Labute approximate surface area is 174 Å². The molecule has 3 heterocycles. The number of nitrogens with one attached hydrogen (secondary N) is 1. The van der Waals surface area contributed by atoms with E-state index in [4.69, 9.17) is 0 Å². The highest BCUT2D eigenvalue weighted by Crippen LogP contribution is 2.31. The number of hydrogen-bond donors (Lipinski definition) is 1. The van der Waals surface area contributed by atoms with E-state index >= 15 is 0 Å². The number of thioether (sulfide) groups is 1. The summed E-state index contributed by atoms with van der Waals surface area (Å²) in [5.41, 5.74) is 2.22. The van der Waals surface area contributed by atoms with E-state index in [-0.39, 0.29) is 17.4 Å². The van der Waals surface area contributed by atoms with Crippen LogP contribution in [0.25, 0.3) is 0 Å². The first-order valence-corrected chi connectivity index (χ1v) is 11.9. The summed E-state index contributed by atoms with van der Waals surface area (Å²) < 4.78 is 0. The van der Waals surface area contributed by atoms with Crippen LogP contribution in [0.2, 0.25) is 0 Å². The molecule has 2 amide bonds. The van der Waals surface area contributed by atoms with Gasteiger partial charge in [-0.2, -0.15) is 0 Å². The highest BCUT2D eigenvalue weighted by molar-refractivity contribution is 7.98. The molecule has 28 heavy (non-hydrogen) atoms. The number of thiophene rings is 1. The number of amides is 2. The molecule has 1 N–H and O–H groups in total. The number of benzene rings is 1. The maximum atomic E-state index is 12.9. The summed E-state index contributed by atoms with van der Waals surface area (Å²) >= 11 is 3.52. The number of fused-ring (bicyclic) bond motifs is 1. The first-order valence-electron chi connectivity index (χ1n) is 9.84. The highest BCUT2D eigenvalue weighted by atomic mass is 32.2. The molecular formula is C22H26N2O2S2. The van der Waals surface area contributed by atoms with Crippen LogP contribution in [0.5, 0.6) is 0 Å². The number of carbonyl (C=O) groups is 2. The Morgan fingerprint density at radius 2 is 2.07 bits per heavy atom. The van der Waals surface area contributed by atoms with Crippen LogP contribution in [0.15, 0.2) is 40.6 Å². The van der Waals surface area contributed by atoms with Crippen molar-refractivity contribution in [3.05, 3.63) is 51.7 Å². The molecule has 148 valence electrons. The van der Waals surface area contributed by atoms with Gasteiger partial charge in [0.25, 0.3) is 0 Å². The predicted octanol–water partition coefficient (Wildman–Crippen LogP) is 4.03. The SMILES string of the molecule is CSc1ccc(CC2(CCC(=O)N3CCc4sccc4C3)CCC(=O)N2)cc1. The normalized spacial score (nSPS) is 21.5. The zero-order valence-corrected chi connectivity index (χ0v) is 17.8. The van der Waals surface area contributed by atoms with Crippen molar-refractivity contribution in [1.82, 2.24) is 10.2 Å². The van der Waals surface area contributed by atoms with Crippen LogP contribution in [-0.4, -0.2) is 35.1 Å². The van der Waals surface area contributed by atoms with E-state index in [1.54, 1.807) is 23.1 Å². The lowest BCUT2D eigenvalue weighted by Crippen LogP contribution is -2.45. The Balaban J connectivity index is 1.40. The van der Waals surface area contributed by atoms with Gasteiger partial charge in [-0.05, 0) is 66.6 Å². The molecule has 0 bridgehead atoms. The molecule has 2 aliphatic rings. The van der Waals surface area contributed by atoms with Crippen molar-refractivity contribution in [1.29, 1.82) is 0 Å². The van der Waals surface area contributed by atoms with E-state index in [2.05, 4.69) is 47.3 Å². The van der Waals surface area contributed by atoms with Crippen molar-refractivity contribution >= 4 is 34.9 Å². The largest absolute Gasteiger partial charge is 0.350 e. The minimum atomic E-state index is -0.295. The molecule has 0 saturated carbocycles. The molecule has 1 atom stereocenters. The molecule has 4 rings (SSSR count). The van der Waals surface area contributed by atoms with Crippen LogP contribution in [0, 0.1) is 0 Å². The molecule has 4 nitrogen and oxygen atoms in total. The molecule has 1 aromatic carbocycles. The van der Waals surface area contributed by atoms with Gasteiger partial charge in [0.1, 0.15) is 0 Å². The van der Waals surface area contributed by atoms with Gasteiger partial charge in [-0.15, -0.1) is 23.1 Å². The van der Waals surface area contributed by atoms with Crippen LogP contribution >= 0.6 is 23.1 Å². The minimum Gasteiger partial charge on any atom is -0.350 e. The fourth-order valence-electron chi connectivity index (χ4n) is 4.28. The quantitative estimate of drug-likeness (QED) is 0.726. The lowest BCUT2D eigenvalue weighted by atomic mass is 9.85. The van der Waals surface area contributed by atoms with Crippen molar-refractivity contribution in [3.8, 4) is 0 Å². The van der Waals surface area contributed by atoms with Crippen LogP contribution < -0.4 is 5.32 Å². The van der Waals surface area contributed by atoms with Crippen molar-refractivity contribution in [2.24, 2.45) is 0 Å². The molecular weight excluding hydrogens is 388 g/mol. The predicted molar refractivity (Wildman–Crippen MR) is 115 cm³/mol. The molecule has 1 unspecified atom stereocenters. The molecule has 2 aliphatic heterocycles. The molecule has 0 spiro atoms. The van der Waals surface area contributed by atoms with E-state index in [0.717, 1.165) is 32.4 Å². The second-order valence-electron chi connectivity index (χ2n) is 7.79. The summed E-state index contributed by atoms with van der Waals surface area (Å²) in [5, 5.41) is 5.32. The number of rotatable bonds is 6. The van der Waals surface area contributed by atoms with Crippen LogP contribution in [-0.2, 0) is 29.0 Å². The lowest BCUT2D eigenvalue weighted by Gasteiger charge is -2.32. The van der Waals surface area contributed by atoms with Gasteiger partial charge < -0.3 is 10.2 Å². The molecule has 6 heteroatoms. The summed E-state index contributed by atoms with van der Waals surface area (Å²) in [5.74, 6) is 0.309. The maximum Gasteiger partial charge on any atom is 0.222 e. The first-order chi connectivity index (χ1) is 13.6. The van der Waals surface area contributed by atoms with E-state index in [0.29, 0.717) is 19.3 Å². The Morgan fingerprint density at radius 3 is 2.79 bits per heavy atom. The molecule has 2 aromatic rings. The summed E-state index contributed by atoms with van der Waals surface area (Å²) in [6, 6.07) is 10.7. The van der Waals surface area contributed by atoms with Crippen LogP contribution in [0.1, 0.15) is 41.7 Å². The Bertz CT molecular complexity index is 862. The molecule has 1 aromatic heterocycles. The molecule has 0 radical (unpaired) electrons. The third-order valence-corrected chi connectivity index (χ3v) is 7.68. The van der Waals surface area contributed by atoms with E-state index < -0.39 is 0 Å². The fraction of sp³-hybridized carbons (Fsp3) is 0.455. The smallest absolute Gasteiger partial charge is 0.222 e. The molecule has 1 saturated heterocycles. The standard InChI is InChI=1S/C22H26N2O2S2/c1-27-18-4-2-16(3-5-18)14-22(10-6-20(25)23-22)11-7-21(26)24-12-8-19-17(15-24)9-13-28-19/h2-5,9,13H,6-8,10-12,14-15H2,1H3,(H,23,25). The molecule has 1 fully saturated rings. The number of hydrogen-bond acceptors (Lipinski definition) is 4. The van der Waals surface area contributed by atoms with Crippen LogP contribution in [0.4, 0.5) is 0 Å². The number of carbonyl (C=O) groups excluding carboxylic acids is 2. The van der Waals surface area contributed by atoms with Crippen LogP contribution in [0.3, 0.4) is 0 Å². The van der Waals surface area contributed by atoms with E-state index in [1.807, 2.05) is 4.90 Å². The van der Waals surface area contributed by atoms with Gasteiger partial charge in [-0.25, -0.2) is 0 Å². The summed E-state index contributed by atoms with van der Waals surface area (Å²) in [4.78, 5) is 29.5. The van der Waals surface area contributed by atoms with E-state index in [1.165, 1.54) is 20.9 Å². The Hall–Kier alpha value is -1.79.